The molecule has 2 aromatic carbocycles. The van der Waals surface area contributed by atoms with Gasteiger partial charge >= 0.3 is 12.0 Å². The maximum Gasteiger partial charge on any atom is 0.338 e. The van der Waals surface area contributed by atoms with Crippen molar-refractivity contribution in [3.63, 3.8) is 0 Å². The molecule has 0 aliphatic carbocycles. The lowest BCUT2D eigenvalue weighted by Gasteiger charge is -2.02. The van der Waals surface area contributed by atoms with Crippen LogP contribution in [0.1, 0.15) is 17.3 Å². The molecular weight excluding hydrogens is 348 g/mol. The topological polar surface area (TPSA) is 91.4 Å². The maximum absolute atomic E-state index is 11.9. The minimum Gasteiger partial charge on any atom is -0.497 e. The van der Waals surface area contributed by atoms with Gasteiger partial charge in [-0.3, -0.25) is 5.32 Å². The molecule has 0 aliphatic rings. The fourth-order valence-electron chi connectivity index (χ4n) is 2.83. The number of benzene rings is 2. The largest absolute Gasteiger partial charge is 0.497 e. The highest BCUT2D eigenvalue weighted by atomic mass is 16.5. The number of rotatable bonds is 5. The number of nitrogens with one attached hydrogen (secondary N) is 1. The van der Waals surface area contributed by atoms with Gasteiger partial charge in [0.05, 0.1) is 30.3 Å². The van der Waals surface area contributed by atoms with Gasteiger partial charge in [0.25, 0.3) is 0 Å². The quantitative estimate of drug-likeness (QED) is 0.539. The predicted molar refractivity (Wildman–Crippen MR) is 101 cm³/mol. The minimum absolute atomic E-state index is 0.322. The lowest BCUT2D eigenvalue weighted by molar-refractivity contribution is 0.0526. The number of oxazole rings is 1. The van der Waals surface area contributed by atoms with E-state index in [2.05, 4.69) is 15.3 Å². The monoisotopic (exact) mass is 366 g/mol. The molecule has 4 rings (SSSR count). The highest BCUT2D eigenvalue weighted by Crippen LogP contribution is 2.27. The van der Waals surface area contributed by atoms with Crippen LogP contribution in [0.2, 0.25) is 0 Å². The Balaban J connectivity index is 1.67. The van der Waals surface area contributed by atoms with Crippen LogP contribution in [0.25, 0.3) is 22.1 Å². The number of aromatic nitrogens is 3. The second-order valence-corrected chi connectivity index (χ2v) is 5.90. The van der Waals surface area contributed by atoms with Crippen LogP contribution in [0.4, 0.5) is 12.0 Å². The molecule has 0 spiro atoms. The van der Waals surface area contributed by atoms with Gasteiger partial charge in [-0.2, -0.15) is 4.98 Å². The van der Waals surface area contributed by atoms with Crippen molar-refractivity contribution >= 4 is 40.1 Å². The minimum atomic E-state index is -0.368. The van der Waals surface area contributed by atoms with Crippen molar-refractivity contribution in [2.75, 3.05) is 19.0 Å². The Morgan fingerprint density at radius 3 is 2.81 bits per heavy atom. The molecule has 138 valence electrons. The van der Waals surface area contributed by atoms with Crippen molar-refractivity contribution in [3.8, 4) is 5.75 Å². The molecule has 0 aliphatic heterocycles. The van der Waals surface area contributed by atoms with Gasteiger partial charge in [0.15, 0.2) is 5.58 Å². The average molecular weight is 366 g/mol. The Bertz CT molecular complexity index is 1150. The Morgan fingerprint density at radius 2 is 2.04 bits per heavy atom. The van der Waals surface area contributed by atoms with Crippen molar-refractivity contribution in [1.29, 1.82) is 0 Å². The Kier molecular flexibility index (Phi) is 4.15. The van der Waals surface area contributed by atoms with Gasteiger partial charge < -0.3 is 18.5 Å². The summed E-state index contributed by atoms with van der Waals surface area (Å²) in [7, 11) is 3.47. The van der Waals surface area contributed by atoms with Gasteiger partial charge in [-0.05, 0) is 37.3 Å². The van der Waals surface area contributed by atoms with Crippen molar-refractivity contribution in [1.82, 2.24) is 14.5 Å². The Hall–Kier alpha value is -3.55. The molecule has 0 bridgehead atoms. The van der Waals surface area contributed by atoms with E-state index in [4.69, 9.17) is 13.9 Å². The first kappa shape index (κ1) is 16.9. The number of aryl methyl sites for hydroxylation is 1. The number of methoxy groups -OCH3 is 1. The average Bonchev–Trinajstić information content (AvgIpc) is 3.21. The molecule has 0 fully saturated rings. The summed E-state index contributed by atoms with van der Waals surface area (Å²) >= 11 is 0. The van der Waals surface area contributed by atoms with Crippen LogP contribution in [0.5, 0.6) is 5.75 Å². The molecule has 2 aromatic heterocycles. The number of anilines is 2. The zero-order valence-corrected chi connectivity index (χ0v) is 15.1. The van der Waals surface area contributed by atoms with E-state index in [0.717, 1.165) is 5.52 Å². The van der Waals surface area contributed by atoms with Crippen LogP contribution in [0, 0.1) is 0 Å². The fourth-order valence-corrected chi connectivity index (χ4v) is 2.83. The summed E-state index contributed by atoms with van der Waals surface area (Å²) in [5, 5.41) is 3.08. The molecule has 0 saturated carbocycles. The lowest BCUT2D eigenvalue weighted by atomic mass is 10.2. The Morgan fingerprint density at radius 1 is 1.19 bits per heavy atom. The van der Waals surface area contributed by atoms with Gasteiger partial charge in [-0.25, -0.2) is 9.78 Å². The molecule has 0 saturated heterocycles. The molecular formula is C19H18N4O4. The number of carbonyl (C=O) groups is 1. The van der Waals surface area contributed by atoms with Gasteiger partial charge in [0, 0.05) is 13.1 Å². The van der Waals surface area contributed by atoms with Crippen LogP contribution in [0.15, 0.2) is 40.8 Å². The van der Waals surface area contributed by atoms with Crippen molar-refractivity contribution in [2.45, 2.75) is 6.92 Å². The van der Waals surface area contributed by atoms with Crippen LogP contribution in [0.3, 0.4) is 0 Å². The molecule has 27 heavy (non-hydrogen) atoms. The van der Waals surface area contributed by atoms with Crippen molar-refractivity contribution < 1.29 is 18.7 Å². The molecule has 0 unspecified atom stereocenters. The number of imidazole rings is 1. The number of hydrogen-bond acceptors (Lipinski definition) is 7. The summed E-state index contributed by atoms with van der Waals surface area (Å²) in [6.45, 7) is 2.10. The molecule has 1 N–H and O–H groups in total. The Labute approximate surface area is 154 Å². The number of carbonyl (C=O) groups excluding carboxylic acids is 1. The van der Waals surface area contributed by atoms with Gasteiger partial charge in [-0.15, -0.1) is 0 Å². The van der Waals surface area contributed by atoms with Crippen molar-refractivity contribution in [2.24, 2.45) is 7.05 Å². The summed E-state index contributed by atoms with van der Waals surface area (Å²) in [4.78, 5) is 20.9. The smallest absolute Gasteiger partial charge is 0.338 e. The maximum atomic E-state index is 11.9. The fraction of sp³-hybridized carbons (Fsp3) is 0.211. The lowest BCUT2D eigenvalue weighted by Crippen LogP contribution is -2.04. The first-order valence-electron chi connectivity index (χ1n) is 8.44. The van der Waals surface area contributed by atoms with Gasteiger partial charge in [-0.1, -0.05) is 0 Å². The van der Waals surface area contributed by atoms with Crippen LogP contribution < -0.4 is 10.1 Å². The molecule has 8 nitrogen and oxygen atoms in total. The van der Waals surface area contributed by atoms with Gasteiger partial charge in [0.1, 0.15) is 11.3 Å². The standard InChI is InChI=1S/C19H18N4O4/c1-4-26-17(24)11-5-8-15-14(9-11)20-18(23(15)2)22-19-21-13-7-6-12(25-3)10-16(13)27-19/h5-10H,4H2,1-3H3,(H,20,21,22). The number of hydrogen-bond donors (Lipinski definition) is 1. The third kappa shape index (κ3) is 3.05. The van der Waals surface area contributed by atoms with E-state index in [1.807, 2.05) is 29.8 Å². The first-order chi connectivity index (χ1) is 13.1. The van der Waals surface area contributed by atoms with E-state index >= 15 is 0 Å². The second kappa shape index (κ2) is 6.64. The number of esters is 1. The zero-order chi connectivity index (χ0) is 19.0. The molecule has 0 atom stereocenters. The van der Waals surface area contributed by atoms with Gasteiger partial charge in [0.2, 0.25) is 5.95 Å². The number of nitrogens with zero attached hydrogens (tertiary/aromatic N) is 3. The van der Waals surface area contributed by atoms with E-state index < -0.39 is 0 Å². The van der Waals surface area contributed by atoms with E-state index in [0.29, 0.717) is 46.5 Å². The number of fused-ring (bicyclic) bond motifs is 2. The molecule has 8 heteroatoms. The summed E-state index contributed by atoms with van der Waals surface area (Å²) < 4.78 is 17.8. The van der Waals surface area contributed by atoms with E-state index in [-0.39, 0.29) is 5.97 Å². The van der Waals surface area contributed by atoms with Crippen LogP contribution in [-0.2, 0) is 11.8 Å². The summed E-state index contributed by atoms with van der Waals surface area (Å²) in [6, 6.07) is 11.0. The summed E-state index contributed by atoms with van der Waals surface area (Å²) in [5.41, 5.74) is 3.32. The molecule has 0 radical (unpaired) electrons. The third-order valence-corrected chi connectivity index (χ3v) is 4.21. The summed E-state index contributed by atoms with van der Waals surface area (Å²) in [5.74, 6) is 0.872. The molecule has 4 aromatic rings. The second-order valence-electron chi connectivity index (χ2n) is 5.90. The van der Waals surface area contributed by atoms with Crippen molar-refractivity contribution in [3.05, 3.63) is 42.0 Å². The third-order valence-electron chi connectivity index (χ3n) is 4.21. The highest BCUT2D eigenvalue weighted by Gasteiger charge is 2.14. The zero-order valence-electron chi connectivity index (χ0n) is 15.1. The summed E-state index contributed by atoms with van der Waals surface area (Å²) in [6.07, 6.45) is 0. The van der Waals surface area contributed by atoms with E-state index in [1.165, 1.54) is 0 Å². The van der Waals surface area contributed by atoms with Crippen LogP contribution >= 0.6 is 0 Å². The normalized spacial score (nSPS) is 11.1. The predicted octanol–water partition coefficient (Wildman–Crippen LogP) is 3.64. The first-order valence-corrected chi connectivity index (χ1v) is 8.44. The number of ether oxygens (including phenoxy) is 2. The SMILES string of the molecule is CCOC(=O)c1ccc2c(c1)nc(Nc1nc3ccc(OC)cc3o1)n2C. The van der Waals surface area contributed by atoms with Crippen LogP contribution in [-0.4, -0.2) is 34.2 Å². The highest BCUT2D eigenvalue weighted by molar-refractivity contribution is 5.94. The molecule has 2 heterocycles. The van der Waals surface area contributed by atoms with E-state index in [9.17, 15) is 4.79 Å². The van der Waals surface area contributed by atoms with E-state index in [1.54, 1.807) is 32.2 Å². The molecule has 0 amide bonds.